The van der Waals surface area contributed by atoms with Crippen molar-refractivity contribution in [3.05, 3.63) is 66.6 Å². The number of halogens is 3. The molecule has 0 saturated carbocycles. The normalized spacial score (nSPS) is 11.3. The zero-order valence-corrected chi connectivity index (χ0v) is 12.9. The predicted octanol–water partition coefficient (Wildman–Crippen LogP) is 4.29. The maximum absolute atomic E-state index is 12.1. The third-order valence-electron chi connectivity index (χ3n) is 3.46. The molecule has 7 heteroatoms. The molecular formula is C18H13F3N2O2. The molecule has 0 bridgehead atoms. The molecule has 1 heterocycles. The molecule has 3 aromatic rings. The van der Waals surface area contributed by atoms with E-state index < -0.39 is 12.8 Å². The molecular weight excluding hydrogens is 333 g/mol. The van der Waals surface area contributed by atoms with Gasteiger partial charge in [0.2, 0.25) is 0 Å². The van der Waals surface area contributed by atoms with Crippen LogP contribution in [0.3, 0.4) is 0 Å². The van der Waals surface area contributed by atoms with E-state index in [1.165, 1.54) is 12.1 Å². The first-order chi connectivity index (χ1) is 11.9. The van der Waals surface area contributed by atoms with Crippen molar-refractivity contribution in [2.24, 2.45) is 0 Å². The molecule has 0 aliphatic carbocycles. The van der Waals surface area contributed by atoms with Crippen molar-refractivity contribution >= 4 is 6.29 Å². The molecule has 0 radical (unpaired) electrons. The highest BCUT2D eigenvalue weighted by Gasteiger charge is 2.28. The van der Waals surface area contributed by atoms with E-state index >= 15 is 0 Å². The van der Waals surface area contributed by atoms with Gasteiger partial charge in [0.25, 0.3) is 0 Å². The van der Waals surface area contributed by atoms with Crippen molar-refractivity contribution in [2.75, 3.05) is 6.61 Å². The molecule has 128 valence electrons. The summed E-state index contributed by atoms with van der Waals surface area (Å²) < 4.78 is 42.8. The van der Waals surface area contributed by atoms with Gasteiger partial charge in [-0.25, -0.2) is 4.98 Å². The van der Waals surface area contributed by atoms with Gasteiger partial charge >= 0.3 is 6.18 Å². The zero-order chi connectivity index (χ0) is 17.9. The lowest BCUT2D eigenvalue weighted by Gasteiger charge is -2.09. The molecule has 25 heavy (non-hydrogen) atoms. The van der Waals surface area contributed by atoms with Crippen LogP contribution >= 0.6 is 0 Å². The Hall–Kier alpha value is -3.09. The monoisotopic (exact) mass is 346 g/mol. The van der Waals surface area contributed by atoms with Crippen LogP contribution < -0.4 is 4.74 Å². The van der Waals surface area contributed by atoms with Gasteiger partial charge in [-0.2, -0.15) is 13.2 Å². The van der Waals surface area contributed by atoms with Gasteiger partial charge in [-0.1, -0.05) is 24.3 Å². The predicted molar refractivity (Wildman–Crippen MR) is 85.9 cm³/mol. The molecule has 0 aliphatic rings. The van der Waals surface area contributed by atoms with E-state index in [1.54, 1.807) is 53.5 Å². The molecule has 0 atom stereocenters. The van der Waals surface area contributed by atoms with Crippen LogP contribution in [0, 0.1) is 0 Å². The van der Waals surface area contributed by atoms with Gasteiger partial charge in [-0.05, 0) is 24.3 Å². The van der Waals surface area contributed by atoms with E-state index in [0.29, 0.717) is 5.56 Å². The smallest absolute Gasteiger partial charge is 0.422 e. The van der Waals surface area contributed by atoms with Crippen LogP contribution in [0.2, 0.25) is 0 Å². The molecule has 1 aromatic heterocycles. The Morgan fingerprint density at radius 3 is 2.32 bits per heavy atom. The van der Waals surface area contributed by atoms with Gasteiger partial charge in [-0.3, -0.25) is 4.79 Å². The first kappa shape index (κ1) is 16.8. The van der Waals surface area contributed by atoms with E-state index in [4.69, 9.17) is 0 Å². The molecule has 0 amide bonds. The van der Waals surface area contributed by atoms with Gasteiger partial charge in [0.1, 0.15) is 12.0 Å². The third-order valence-corrected chi connectivity index (χ3v) is 3.46. The lowest BCUT2D eigenvalue weighted by molar-refractivity contribution is -0.153. The van der Waals surface area contributed by atoms with Gasteiger partial charge < -0.3 is 9.30 Å². The molecule has 3 rings (SSSR count). The molecule has 0 spiro atoms. The number of aromatic nitrogens is 2. The number of hydrogen-bond donors (Lipinski definition) is 0. The molecule has 0 aliphatic heterocycles. The lowest BCUT2D eigenvalue weighted by Crippen LogP contribution is -2.19. The van der Waals surface area contributed by atoms with E-state index in [-0.39, 0.29) is 5.75 Å². The summed E-state index contributed by atoms with van der Waals surface area (Å²) in [5, 5.41) is 0. The summed E-state index contributed by atoms with van der Waals surface area (Å²) in [4.78, 5) is 15.0. The molecule has 0 N–H and O–H groups in total. The Morgan fingerprint density at radius 2 is 1.72 bits per heavy atom. The lowest BCUT2D eigenvalue weighted by atomic mass is 10.1. The fourth-order valence-electron chi connectivity index (χ4n) is 2.23. The maximum atomic E-state index is 12.1. The molecule has 0 saturated heterocycles. The number of carbonyl (C=O) groups is 1. The summed E-state index contributed by atoms with van der Waals surface area (Å²) in [6.45, 7) is -1.32. The number of ether oxygens (including phenoxy) is 1. The van der Waals surface area contributed by atoms with E-state index in [0.717, 1.165) is 23.2 Å². The molecule has 2 aromatic carbocycles. The third kappa shape index (κ3) is 4.26. The highest BCUT2D eigenvalue weighted by Crippen LogP contribution is 2.22. The summed E-state index contributed by atoms with van der Waals surface area (Å²) in [6.07, 6.45) is -0.196. The van der Waals surface area contributed by atoms with Crippen molar-refractivity contribution in [3.8, 4) is 22.7 Å². The maximum Gasteiger partial charge on any atom is 0.422 e. The topological polar surface area (TPSA) is 44.1 Å². The minimum Gasteiger partial charge on any atom is -0.484 e. The number of rotatable bonds is 5. The number of imidazole rings is 1. The molecule has 4 nitrogen and oxygen atoms in total. The standard InChI is InChI=1S/C18H13F3N2O2/c19-18(20,21)11-25-16-7-5-15(6-8-16)23-9-17(22-12-23)14-3-1-13(10-24)2-4-14/h1-10,12H,11H2. The quantitative estimate of drug-likeness (QED) is 0.647. The summed E-state index contributed by atoms with van der Waals surface area (Å²) in [7, 11) is 0. The molecule has 0 unspecified atom stereocenters. The number of aldehydes is 1. The van der Waals surface area contributed by atoms with Crippen LogP contribution in [0.15, 0.2) is 61.1 Å². The number of benzene rings is 2. The summed E-state index contributed by atoms with van der Waals surface area (Å²) >= 11 is 0. The number of carbonyl (C=O) groups excluding carboxylic acids is 1. The first-order valence-electron chi connectivity index (χ1n) is 7.34. The van der Waals surface area contributed by atoms with Crippen LogP contribution in [-0.2, 0) is 0 Å². The summed E-state index contributed by atoms with van der Waals surface area (Å²) in [5.41, 5.74) is 2.89. The second-order valence-corrected chi connectivity index (χ2v) is 5.30. The van der Waals surface area contributed by atoms with Crippen LogP contribution in [0.4, 0.5) is 13.2 Å². The van der Waals surface area contributed by atoms with Crippen molar-refractivity contribution in [1.82, 2.24) is 9.55 Å². The highest BCUT2D eigenvalue weighted by atomic mass is 19.4. The van der Waals surface area contributed by atoms with Crippen molar-refractivity contribution in [2.45, 2.75) is 6.18 Å². The Morgan fingerprint density at radius 1 is 1.04 bits per heavy atom. The highest BCUT2D eigenvalue weighted by molar-refractivity contribution is 5.76. The molecule has 0 fully saturated rings. The van der Waals surface area contributed by atoms with Crippen molar-refractivity contribution in [3.63, 3.8) is 0 Å². The van der Waals surface area contributed by atoms with Crippen molar-refractivity contribution < 1.29 is 22.7 Å². The second-order valence-electron chi connectivity index (χ2n) is 5.30. The van der Waals surface area contributed by atoms with E-state index in [1.807, 2.05) is 0 Å². The fraction of sp³-hybridized carbons (Fsp3) is 0.111. The van der Waals surface area contributed by atoms with Crippen molar-refractivity contribution in [1.29, 1.82) is 0 Å². The first-order valence-corrected chi connectivity index (χ1v) is 7.34. The fourth-order valence-corrected chi connectivity index (χ4v) is 2.23. The van der Waals surface area contributed by atoms with Gasteiger partial charge in [0.05, 0.1) is 12.0 Å². The summed E-state index contributed by atoms with van der Waals surface area (Å²) in [6, 6.07) is 13.2. The minimum atomic E-state index is -4.36. The average Bonchev–Trinajstić information content (AvgIpc) is 3.10. The Labute approximate surface area is 141 Å². The van der Waals surface area contributed by atoms with Crippen LogP contribution in [0.25, 0.3) is 16.9 Å². The minimum absolute atomic E-state index is 0.144. The average molecular weight is 346 g/mol. The number of alkyl halides is 3. The van der Waals surface area contributed by atoms with Gasteiger partial charge in [0, 0.05) is 23.0 Å². The van der Waals surface area contributed by atoms with Gasteiger partial charge in [0.15, 0.2) is 6.61 Å². The Balaban J connectivity index is 1.74. The zero-order valence-electron chi connectivity index (χ0n) is 12.9. The van der Waals surface area contributed by atoms with Crippen LogP contribution in [-0.4, -0.2) is 28.6 Å². The number of hydrogen-bond acceptors (Lipinski definition) is 3. The Bertz CT molecular complexity index is 853. The van der Waals surface area contributed by atoms with Crippen LogP contribution in [0.1, 0.15) is 10.4 Å². The van der Waals surface area contributed by atoms with Crippen LogP contribution in [0.5, 0.6) is 5.75 Å². The number of nitrogens with zero attached hydrogens (tertiary/aromatic N) is 2. The second kappa shape index (κ2) is 6.80. The SMILES string of the molecule is O=Cc1ccc(-c2cn(-c3ccc(OCC(F)(F)F)cc3)cn2)cc1. The van der Waals surface area contributed by atoms with E-state index in [9.17, 15) is 18.0 Å². The van der Waals surface area contributed by atoms with E-state index in [2.05, 4.69) is 9.72 Å². The largest absolute Gasteiger partial charge is 0.484 e. The van der Waals surface area contributed by atoms with Gasteiger partial charge in [-0.15, -0.1) is 0 Å². The summed E-state index contributed by atoms with van der Waals surface area (Å²) in [5.74, 6) is 0.144. The Kier molecular flexibility index (Phi) is 4.56.